The minimum absolute atomic E-state index is 0.0484. The van der Waals surface area contributed by atoms with E-state index in [4.69, 9.17) is 14.2 Å². The molecule has 5 fully saturated rings. The lowest BCUT2D eigenvalue weighted by Gasteiger charge is -2.50. The molecule has 0 saturated carbocycles. The van der Waals surface area contributed by atoms with Crippen molar-refractivity contribution in [1.82, 2.24) is 35.4 Å². The summed E-state index contributed by atoms with van der Waals surface area (Å²) >= 11 is 0. The summed E-state index contributed by atoms with van der Waals surface area (Å²) in [5.41, 5.74) is 6.45. The molecule has 4 amide bonds. The molecule has 9 aliphatic rings. The highest BCUT2D eigenvalue weighted by atomic mass is 16.6. The Morgan fingerprint density at radius 2 is 1.73 bits per heavy atom. The first kappa shape index (κ1) is 34.4. The molecule has 5 saturated heterocycles. The molecule has 2 spiro atoms. The van der Waals surface area contributed by atoms with Crippen molar-refractivity contribution in [2.24, 2.45) is 23.2 Å². The second-order valence-electron chi connectivity index (χ2n) is 16.0. The first-order valence-corrected chi connectivity index (χ1v) is 19.5. The first-order valence-electron chi connectivity index (χ1n) is 19.5. The van der Waals surface area contributed by atoms with Gasteiger partial charge in [-0.15, -0.1) is 0 Å². The number of carbonyl (C=O) groups excluding carboxylic acids is 4. The summed E-state index contributed by atoms with van der Waals surface area (Å²) < 4.78 is 16.7. The number of fused-ring (bicyclic) bond motifs is 3. The van der Waals surface area contributed by atoms with Gasteiger partial charge in [-0.25, -0.2) is 14.4 Å². The molecule has 5 unspecified atom stereocenters. The monoisotopic (exact) mass is 709 g/mol. The van der Waals surface area contributed by atoms with Gasteiger partial charge < -0.3 is 39.1 Å². The number of rotatable bonds is 8. The topological polar surface area (TPSA) is 136 Å². The zero-order valence-corrected chi connectivity index (χ0v) is 30.3. The lowest BCUT2D eigenvalue weighted by atomic mass is 9.67. The van der Waals surface area contributed by atoms with Crippen LogP contribution in [0.1, 0.15) is 78.1 Å². The van der Waals surface area contributed by atoms with Crippen LogP contribution in [0.15, 0.2) is 23.0 Å². The van der Waals surface area contributed by atoms with E-state index >= 15 is 0 Å². The summed E-state index contributed by atoms with van der Waals surface area (Å²) in [5.74, 6) is 1.14. The molecule has 0 aromatic heterocycles. The molecule has 5 atom stereocenters. The first-order chi connectivity index (χ1) is 24.7. The van der Waals surface area contributed by atoms with Gasteiger partial charge in [-0.2, -0.15) is 5.01 Å². The Hall–Kier alpha value is -3.68. The summed E-state index contributed by atoms with van der Waals surface area (Å²) in [7, 11) is 0. The van der Waals surface area contributed by atoms with Gasteiger partial charge in [0.05, 0.1) is 19.3 Å². The van der Waals surface area contributed by atoms with Crippen LogP contribution in [0.2, 0.25) is 0 Å². The van der Waals surface area contributed by atoms with Crippen molar-refractivity contribution in [3.05, 3.63) is 23.0 Å². The van der Waals surface area contributed by atoms with Gasteiger partial charge in [-0.1, -0.05) is 0 Å². The van der Waals surface area contributed by atoms with Gasteiger partial charge in [0, 0.05) is 107 Å². The van der Waals surface area contributed by atoms with Gasteiger partial charge in [-0.3, -0.25) is 10.2 Å². The summed E-state index contributed by atoms with van der Waals surface area (Å²) in [4.78, 5) is 59.2. The van der Waals surface area contributed by atoms with Crippen molar-refractivity contribution in [3.63, 3.8) is 0 Å². The molecule has 7 aliphatic heterocycles. The Morgan fingerprint density at radius 1 is 0.941 bits per heavy atom. The highest BCUT2D eigenvalue weighted by molar-refractivity contribution is 5.79. The second kappa shape index (κ2) is 13.7. The number of nitrogens with one attached hydrogen (secondary N) is 2. The highest BCUT2D eigenvalue weighted by Gasteiger charge is 2.52. The Labute approximate surface area is 300 Å². The Bertz CT molecular complexity index is 1480. The lowest BCUT2D eigenvalue weighted by molar-refractivity contribution is -0.120. The van der Waals surface area contributed by atoms with Crippen LogP contribution in [-0.2, 0) is 19.0 Å². The molecule has 0 radical (unpaired) electrons. The van der Waals surface area contributed by atoms with Crippen LogP contribution < -0.4 is 10.7 Å². The zero-order chi connectivity index (χ0) is 35.3. The molecule has 14 heteroatoms. The highest BCUT2D eigenvalue weighted by Crippen LogP contribution is 2.48. The van der Waals surface area contributed by atoms with Crippen LogP contribution in [-0.4, -0.2) is 133 Å². The van der Waals surface area contributed by atoms with Crippen molar-refractivity contribution >= 4 is 24.2 Å². The number of piperidine rings is 3. The van der Waals surface area contributed by atoms with Crippen molar-refractivity contribution in [3.8, 4) is 0 Å². The van der Waals surface area contributed by atoms with Crippen LogP contribution in [0.25, 0.3) is 0 Å². The fraction of sp³-hybridized carbons (Fsp3) is 0.784. The van der Waals surface area contributed by atoms with Gasteiger partial charge in [0.2, 0.25) is 5.91 Å². The average molecular weight is 710 g/mol. The van der Waals surface area contributed by atoms with Crippen molar-refractivity contribution in [1.29, 1.82) is 0 Å². The average Bonchev–Trinajstić information content (AvgIpc) is 3.75. The number of amides is 4. The third-order valence-electron chi connectivity index (χ3n) is 13.3. The largest absolute Gasteiger partial charge is 0.450 e. The Kier molecular flexibility index (Phi) is 9.25. The minimum Gasteiger partial charge on any atom is -0.450 e. The van der Waals surface area contributed by atoms with E-state index in [0.29, 0.717) is 76.4 Å². The van der Waals surface area contributed by atoms with Crippen molar-refractivity contribution in [2.45, 2.75) is 89.8 Å². The molecule has 0 aromatic rings. The molecule has 0 aromatic carbocycles. The van der Waals surface area contributed by atoms with E-state index in [2.05, 4.69) is 31.6 Å². The second-order valence-corrected chi connectivity index (χ2v) is 16.0. The van der Waals surface area contributed by atoms with Crippen LogP contribution in [0, 0.1) is 23.2 Å². The van der Waals surface area contributed by atoms with E-state index in [9.17, 15) is 19.2 Å². The van der Waals surface area contributed by atoms with Crippen molar-refractivity contribution in [2.75, 3.05) is 72.1 Å². The maximum atomic E-state index is 12.7. The van der Waals surface area contributed by atoms with E-state index < -0.39 is 5.72 Å². The third kappa shape index (κ3) is 6.28. The van der Waals surface area contributed by atoms with Gasteiger partial charge in [-0.05, 0) is 76.4 Å². The molecule has 7 heterocycles. The quantitative estimate of drug-likeness (QED) is 0.360. The molecule has 280 valence electrons. The van der Waals surface area contributed by atoms with Crippen LogP contribution >= 0.6 is 0 Å². The number of hydrazine groups is 1. The smallest absolute Gasteiger partial charge is 0.423 e. The molecule has 2 N–H and O–H groups in total. The third-order valence-corrected chi connectivity index (χ3v) is 13.3. The van der Waals surface area contributed by atoms with Crippen LogP contribution in [0.4, 0.5) is 14.4 Å². The maximum absolute atomic E-state index is 12.7. The van der Waals surface area contributed by atoms with Crippen LogP contribution in [0.5, 0.6) is 0 Å². The fourth-order valence-corrected chi connectivity index (χ4v) is 10.8. The summed E-state index contributed by atoms with van der Waals surface area (Å²) in [6.07, 6.45) is 10.4. The number of carbonyl (C=O) groups is 4. The van der Waals surface area contributed by atoms with E-state index in [1.165, 1.54) is 17.0 Å². The normalized spacial score (nSPS) is 32.8. The number of nitrogens with zero attached hydrogens (tertiary/aromatic N) is 5. The molecular weight excluding hydrogens is 654 g/mol. The summed E-state index contributed by atoms with van der Waals surface area (Å²) in [6.45, 7) is 11.4. The van der Waals surface area contributed by atoms with Gasteiger partial charge in [0.15, 0.2) is 5.72 Å². The standard InChI is InChI=1S/C37H55N7O7/c1-3-49-34(47)42-20-26-7-8-27(21-42)32(26)41-15-11-36(19-31(45)38-24-36)28(23-41)6-5-14-44-37(51-33(46)39-44)12-16-40(17-13-37)30-18-29-10-9-25(30)22-43(29)35(48)50-4-2/h18,25-26,28-29H,3-17,19-24H2,1-2H3,(H,38,45)(H,39,46). The number of ether oxygens (including phenoxy) is 3. The number of hydrogen-bond donors (Lipinski definition) is 2. The van der Waals surface area contributed by atoms with Gasteiger partial charge in [0.25, 0.3) is 0 Å². The molecule has 51 heavy (non-hydrogen) atoms. The van der Waals surface area contributed by atoms with Gasteiger partial charge >= 0.3 is 18.3 Å². The van der Waals surface area contributed by atoms with E-state index in [1.54, 1.807) is 0 Å². The molecular formula is C37H55N7O7. The fourth-order valence-electron chi connectivity index (χ4n) is 10.8. The Balaban J connectivity index is 0.905. The minimum atomic E-state index is -0.668. The Morgan fingerprint density at radius 3 is 2.43 bits per heavy atom. The maximum Gasteiger partial charge on any atom is 0.423 e. The summed E-state index contributed by atoms with van der Waals surface area (Å²) in [5, 5.41) is 5.21. The molecule has 4 bridgehead atoms. The molecule has 14 nitrogen and oxygen atoms in total. The predicted octanol–water partition coefficient (Wildman–Crippen LogP) is 3.61. The van der Waals surface area contributed by atoms with E-state index in [0.717, 1.165) is 77.7 Å². The van der Waals surface area contributed by atoms with Crippen molar-refractivity contribution < 1.29 is 33.4 Å². The molecule has 9 rings (SSSR count). The van der Waals surface area contributed by atoms with E-state index in [-0.39, 0.29) is 35.6 Å². The van der Waals surface area contributed by atoms with E-state index in [1.807, 2.05) is 23.6 Å². The predicted molar refractivity (Wildman–Crippen MR) is 186 cm³/mol. The number of hydrogen-bond acceptors (Lipinski definition) is 10. The number of likely N-dealkylation sites (tertiary alicyclic amines) is 3. The van der Waals surface area contributed by atoms with Gasteiger partial charge in [0.1, 0.15) is 0 Å². The summed E-state index contributed by atoms with van der Waals surface area (Å²) in [6, 6.07) is 0.0799. The lowest BCUT2D eigenvalue weighted by Crippen LogP contribution is -2.57. The zero-order valence-electron chi connectivity index (χ0n) is 30.3. The SMILES string of the molecule is CCOC(=O)N1CC2=C(N3CCC4(CNC(=O)C4)C(CCCN4NC(=O)OC45CCN(C4=CC6CCC4CN6C(=O)OCC)CC5)C3)C(CC2)C1. The van der Waals surface area contributed by atoms with Crippen LogP contribution in [0.3, 0.4) is 0 Å². The molecule has 2 aliphatic carbocycles.